The maximum Gasteiger partial charge on any atom is 0.253 e. The molecule has 60 valence electrons. The molecule has 0 nitrogen and oxygen atoms in total. The minimum atomic E-state index is -3.14. The quantitative estimate of drug-likeness (QED) is 0.473. The van der Waals surface area contributed by atoms with Crippen LogP contribution in [0.15, 0.2) is 0 Å². The SMILES string of the molecule is FC1(F)CCCC(F)(F)C1. The van der Waals surface area contributed by atoms with Gasteiger partial charge in [0.05, 0.1) is 6.42 Å². The molecule has 0 aromatic rings. The Labute approximate surface area is 56.2 Å². The lowest BCUT2D eigenvalue weighted by atomic mass is 9.93. The van der Waals surface area contributed by atoms with Gasteiger partial charge in [-0.15, -0.1) is 0 Å². The Bertz CT molecular complexity index is 116. The van der Waals surface area contributed by atoms with Gasteiger partial charge in [0.15, 0.2) is 0 Å². The predicted molar refractivity (Wildman–Crippen MR) is 28.4 cm³/mol. The normalized spacial score (nSPS) is 30.0. The van der Waals surface area contributed by atoms with Crippen molar-refractivity contribution in [3.8, 4) is 0 Å². The van der Waals surface area contributed by atoms with Gasteiger partial charge in [0, 0.05) is 12.8 Å². The molecule has 0 spiro atoms. The van der Waals surface area contributed by atoms with Crippen LogP contribution in [0.4, 0.5) is 17.6 Å². The van der Waals surface area contributed by atoms with E-state index < -0.39 is 18.3 Å². The molecule has 1 rings (SSSR count). The van der Waals surface area contributed by atoms with Gasteiger partial charge in [-0.05, 0) is 6.42 Å². The van der Waals surface area contributed by atoms with Gasteiger partial charge in [0.25, 0.3) is 11.8 Å². The van der Waals surface area contributed by atoms with Gasteiger partial charge in [0.1, 0.15) is 0 Å². The van der Waals surface area contributed by atoms with E-state index in [1.54, 1.807) is 0 Å². The second kappa shape index (κ2) is 2.10. The first-order valence-corrected chi connectivity index (χ1v) is 3.17. The molecule has 0 saturated heterocycles. The minimum absolute atomic E-state index is 0.0694. The van der Waals surface area contributed by atoms with Gasteiger partial charge in [-0.3, -0.25) is 0 Å². The van der Waals surface area contributed by atoms with E-state index in [-0.39, 0.29) is 19.3 Å². The van der Waals surface area contributed by atoms with Gasteiger partial charge in [-0.1, -0.05) is 0 Å². The molecule has 0 amide bonds. The van der Waals surface area contributed by atoms with E-state index in [0.29, 0.717) is 0 Å². The lowest BCUT2D eigenvalue weighted by molar-refractivity contribution is -0.144. The molecule has 0 aromatic heterocycles. The molecule has 1 fully saturated rings. The van der Waals surface area contributed by atoms with Crippen LogP contribution < -0.4 is 0 Å². The Morgan fingerprint density at radius 2 is 1.20 bits per heavy atom. The molecular formula is C6H8F4. The summed E-state index contributed by atoms with van der Waals surface area (Å²) in [6, 6.07) is 0. The molecule has 1 aliphatic carbocycles. The molecule has 0 aliphatic heterocycles. The van der Waals surface area contributed by atoms with Crippen molar-refractivity contribution in [2.24, 2.45) is 0 Å². The maximum atomic E-state index is 12.2. The van der Waals surface area contributed by atoms with Crippen LogP contribution in [0.25, 0.3) is 0 Å². The monoisotopic (exact) mass is 156 g/mol. The van der Waals surface area contributed by atoms with Crippen molar-refractivity contribution in [3.63, 3.8) is 0 Å². The van der Waals surface area contributed by atoms with Gasteiger partial charge in [-0.25, -0.2) is 17.6 Å². The highest BCUT2D eigenvalue weighted by molar-refractivity contribution is 4.83. The third kappa shape index (κ3) is 1.85. The highest BCUT2D eigenvalue weighted by Crippen LogP contribution is 2.41. The van der Waals surface area contributed by atoms with Crippen LogP contribution in [-0.2, 0) is 0 Å². The summed E-state index contributed by atoms with van der Waals surface area (Å²) in [6.45, 7) is 0. The van der Waals surface area contributed by atoms with Crippen molar-refractivity contribution >= 4 is 0 Å². The standard InChI is InChI=1S/C6H8F4/c7-5(8)2-1-3-6(9,10)4-5/h1-4H2. The Morgan fingerprint density at radius 1 is 0.800 bits per heavy atom. The molecule has 0 heterocycles. The fraction of sp³-hybridized carbons (Fsp3) is 1.00. The van der Waals surface area contributed by atoms with Crippen LogP contribution in [-0.4, -0.2) is 11.8 Å². The van der Waals surface area contributed by atoms with E-state index in [0.717, 1.165) is 0 Å². The Kier molecular flexibility index (Phi) is 1.65. The molecule has 0 N–H and O–H groups in total. The van der Waals surface area contributed by atoms with E-state index in [4.69, 9.17) is 0 Å². The third-order valence-corrected chi connectivity index (χ3v) is 1.60. The van der Waals surface area contributed by atoms with Crippen molar-refractivity contribution in [1.29, 1.82) is 0 Å². The summed E-state index contributed by atoms with van der Waals surface area (Å²) >= 11 is 0. The summed E-state index contributed by atoms with van der Waals surface area (Å²) in [5, 5.41) is 0. The van der Waals surface area contributed by atoms with Crippen molar-refractivity contribution in [2.75, 3.05) is 0 Å². The molecule has 0 unspecified atom stereocenters. The number of rotatable bonds is 0. The molecule has 4 heteroatoms. The average Bonchev–Trinajstić information content (AvgIpc) is 1.56. The highest BCUT2D eigenvalue weighted by atomic mass is 19.3. The molecule has 0 atom stereocenters. The Morgan fingerprint density at radius 3 is 1.40 bits per heavy atom. The summed E-state index contributed by atoms with van der Waals surface area (Å²) in [6.07, 6.45) is -2.11. The van der Waals surface area contributed by atoms with Gasteiger partial charge >= 0.3 is 0 Å². The molecule has 0 radical (unpaired) electrons. The van der Waals surface area contributed by atoms with Crippen LogP contribution in [0.5, 0.6) is 0 Å². The molecule has 1 saturated carbocycles. The molecule has 0 bridgehead atoms. The molecule has 0 aromatic carbocycles. The van der Waals surface area contributed by atoms with Crippen LogP contribution in [0, 0.1) is 0 Å². The van der Waals surface area contributed by atoms with Crippen molar-refractivity contribution in [2.45, 2.75) is 37.5 Å². The van der Waals surface area contributed by atoms with E-state index in [2.05, 4.69) is 0 Å². The van der Waals surface area contributed by atoms with E-state index in [1.807, 2.05) is 0 Å². The zero-order chi connectivity index (χ0) is 7.83. The molecular weight excluding hydrogens is 148 g/mol. The highest BCUT2D eigenvalue weighted by Gasteiger charge is 2.46. The van der Waals surface area contributed by atoms with E-state index >= 15 is 0 Å². The number of alkyl halides is 4. The number of halogens is 4. The fourth-order valence-electron chi connectivity index (χ4n) is 1.16. The zero-order valence-electron chi connectivity index (χ0n) is 5.34. The third-order valence-electron chi connectivity index (χ3n) is 1.60. The lowest BCUT2D eigenvalue weighted by Crippen LogP contribution is -2.33. The topological polar surface area (TPSA) is 0 Å². The van der Waals surface area contributed by atoms with Crippen molar-refractivity contribution < 1.29 is 17.6 Å². The largest absolute Gasteiger partial charge is 0.253 e. The minimum Gasteiger partial charge on any atom is -0.207 e. The first-order chi connectivity index (χ1) is 4.41. The summed E-state index contributed by atoms with van der Waals surface area (Å²) in [4.78, 5) is 0. The smallest absolute Gasteiger partial charge is 0.207 e. The van der Waals surface area contributed by atoms with Gasteiger partial charge < -0.3 is 0 Å². The second-order valence-corrected chi connectivity index (χ2v) is 2.74. The van der Waals surface area contributed by atoms with Gasteiger partial charge in [0.2, 0.25) is 0 Å². The fourth-order valence-corrected chi connectivity index (χ4v) is 1.16. The second-order valence-electron chi connectivity index (χ2n) is 2.74. The van der Waals surface area contributed by atoms with Crippen LogP contribution in [0.3, 0.4) is 0 Å². The average molecular weight is 156 g/mol. The summed E-state index contributed by atoms with van der Waals surface area (Å²) in [5.41, 5.74) is 0. The first-order valence-electron chi connectivity index (χ1n) is 3.17. The zero-order valence-corrected chi connectivity index (χ0v) is 5.34. The van der Waals surface area contributed by atoms with E-state index in [9.17, 15) is 17.6 Å². The van der Waals surface area contributed by atoms with Crippen molar-refractivity contribution in [1.82, 2.24) is 0 Å². The van der Waals surface area contributed by atoms with Crippen LogP contribution in [0.1, 0.15) is 25.7 Å². The predicted octanol–water partition coefficient (Wildman–Crippen LogP) is 2.83. The van der Waals surface area contributed by atoms with Crippen molar-refractivity contribution in [3.05, 3.63) is 0 Å². The first kappa shape index (κ1) is 7.82. The lowest BCUT2D eigenvalue weighted by Gasteiger charge is -2.28. The number of hydrogen-bond donors (Lipinski definition) is 0. The van der Waals surface area contributed by atoms with Crippen LogP contribution >= 0.6 is 0 Å². The summed E-state index contributed by atoms with van der Waals surface area (Å²) < 4.78 is 48.9. The Balaban J connectivity index is 2.56. The maximum absolute atomic E-state index is 12.2. The van der Waals surface area contributed by atoms with E-state index in [1.165, 1.54) is 0 Å². The van der Waals surface area contributed by atoms with Gasteiger partial charge in [-0.2, -0.15) is 0 Å². The van der Waals surface area contributed by atoms with Crippen LogP contribution in [0.2, 0.25) is 0 Å². The summed E-state index contributed by atoms with van der Waals surface area (Å²) in [5.74, 6) is -6.27. The Hall–Kier alpha value is -0.280. The molecule has 10 heavy (non-hydrogen) atoms. The number of hydrogen-bond acceptors (Lipinski definition) is 0. The molecule has 1 aliphatic rings. The summed E-state index contributed by atoms with van der Waals surface area (Å²) in [7, 11) is 0.